The van der Waals surface area contributed by atoms with Crippen LogP contribution in [0, 0.1) is 5.92 Å². The van der Waals surface area contributed by atoms with E-state index in [9.17, 15) is 4.39 Å². The predicted octanol–water partition coefficient (Wildman–Crippen LogP) is 3.78. The average Bonchev–Trinajstić information content (AvgIpc) is 2.83. The Morgan fingerprint density at radius 3 is 3.11 bits per heavy atom. The van der Waals surface area contributed by atoms with Gasteiger partial charge in [-0.05, 0) is 41.8 Å². The smallest absolute Gasteiger partial charge is 0.108 e. The summed E-state index contributed by atoms with van der Waals surface area (Å²) in [6.07, 6.45) is 1.98. The molecule has 96 valence electrons. The van der Waals surface area contributed by atoms with Crippen molar-refractivity contribution in [2.45, 2.75) is 25.4 Å². The van der Waals surface area contributed by atoms with Crippen LogP contribution < -0.4 is 5.32 Å². The number of thiophene rings is 1. The van der Waals surface area contributed by atoms with E-state index >= 15 is 0 Å². The van der Waals surface area contributed by atoms with Crippen molar-refractivity contribution in [3.63, 3.8) is 0 Å². The summed E-state index contributed by atoms with van der Waals surface area (Å²) in [7, 11) is 0. The van der Waals surface area contributed by atoms with E-state index in [1.54, 1.807) is 11.3 Å². The van der Waals surface area contributed by atoms with Crippen molar-refractivity contribution in [1.82, 2.24) is 5.32 Å². The van der Waals surface area contributed by atoms with Gasteiger partial charge in [-0.15, -0.1) is 11.3 Å². The highest BCUT2D eigenvalue weighted by Crippen LogP contribution is 2.29. The number of halogens is 1. The lowest BCUT2D eigenvalue weighted by atomic mass is 9.91. The number of piperidine rings is 1. The summed E-state index contributed by atoms with van der Waals surface area (Å²) in [5.74, 6) is 0.192. The molecule has 1 nitrogen and oxygen atoms in total. The van der Waals surface area contributed by atoms with E-state index in [2.05, 4.69) is 22.8 Å². The quantitative estimate of drug-likeness (QED) is 0.888. The molecule has 0 radical (unpaired) electrons. The van der Waals surface area contributed by atoms with E-state index in [0.29, 0.717) is 6.42 Å². The van der Waals surface area contributed by atoms with Crippen LogP contribution in [-0.2, 0) is 6.42 Å². The topological polar surface area (TPSA) is 12.0 Å². The Morgan fingerprint density at radius 2 is 2.28 bits per heavy atom. The van der Waals surface area contributed by atoms with Gasteiger partial charge in [0.05, 0.1) is 0 Å². The number of benzene rings is 1. The Morgan fingerprint density at radius 1 is 1.39 bits per heavy atom. The molecule has 1 fully saturated rings. The molecule has 1 aliphatic rings. The number of fused-ring (bicyclic) bond motifs is 1. The van der Waals surface area contributed by atoms with Gasteiger partial charge in [0, 0.05) is 23.6 Å². The highest BCUT2D eigenvalue weighted by Gasteiger charge is 2.24. The fourth-order valence-electron chi connectivity index (χ4n) is 2.76. The number of hydrogen-bond acceptors (Lipinski definition) is 2. The molecule has 1 aliphatic heterocycles. The van der Waals surface area contributed by atoms with Crippen LogP contribution in [0.25, 0.3) is 10.1 Å². The van der Waals surface area contributed by atoms with E-state index in [1.807, 2.05) is 12.1 Å². The number of nitrogens with one attached hydrogen (secondary N) is 1. The van der Waals surface area contributed by atoms with Gasteiger partial charge < -0.3 is 5.32 Å². The summed E-state index contributed by atoms with van der Waals surface area (Å²) >= 11 is 1.72. The maximum Gasteiger partial charge on any atom is 0.108 e. The maximum absolute atomic E-state index is 14.3. The molecular formula is C15H18FNS. The second kappa shape index (κ2) is 5.37. The molecule has 1 aromatic carbocycles. The molecule has 0 spiro atoms. The molecule has 1 saturated heterocycles. The molecule has 2 atom stereocenters. The number of alkyl halides is 1. The minimum absolute atomic E-state index is 0.192. The average molecular weight is 263 g/mol. The van der Waals surface area contributed by atoms with Crippen LogP contribution in [0.1, 0.15) is 18.4 Å². The third kappa shape index (κ3) is 2.43. The van der Waals surface area contributed by atoms with Gasteiger partial charge in [-0.1, -0.05) is 18.2 Å². The Hall–Kier alpha value is -0.930. The van der Waals surface area contributed by atoms with Gasteiger partial charge >= 0.3 is 0 Å². The lowest BCUT2D eigenvalue weighted by molar-refractivity contribution is 0.191. The van der Waals surface area contributed by atoms with E-state index in [-0.39, 0.29) is 5.92 Å². The van der Waals surface area contributed by atoms with Gasteiger partial charge in [0.2, 0.25) is 0 Å². The highest BCUT2D eigenvalue weighted by atomic mass is 32.1. The first-order chi connectivity index (χ1) is 8.84. The van der Waals surface area contributed by atoms with Gasteiger partial charge in [-0.2, -0.15) is 0 Å². The lowest BCUT2D eigenvalue weighted by Gasteiger charge is -2.25. The normalized spacial score (nSPS) is 22.2. The molecule has 1 N–H and O–H groups in total. The Labute approximate surface area is 111 Å². The molecule has 0 amide bonds. The SMILES string of the molecule is FC(Cc1csc2ccccc12)C1CCCNC1. The van der Waals surface area contributed by atoms with Gasteiger partial charge in [0.1, 0.15) is 6.17 Å². The first-order valence-corrected chi connectivity index (χ1v) is 7.52. The molecule has 2 heterocycles. The lowest BCUT2D eigenvalue weighted by Crippen LogP contribution is -2.35. The zero-order chi connectivity index (χ0) is 12.4. The third-order valence-electron chi connectivity index (χ3n) is 3.82. The second-order valence-electron chi connectivity index (χ2n) is 5.08. The van der Waals surface area contributed by atoms with Crippen molar-refractivity contribution >= 4 is 21.4 Å². The Balaban J connectivity index is 1.75. The van der Waals surface area contributed by atoms with Crippen LogP contribution >= 0.6 is 11.3 Å². The standard InChI is InChI=1S/C15H18FNS/c16-14(11-4-3-7-17-9-11)8-12-10-18-15-6-2-1-5-13(12)15/h1-2,5-6,10-11,14,17H,3-4,7-9H2. The van der Waals surface area contributed by atoms with Gasteiger partial charge in [0.25, 0.3) is 0 Å². The van der Waals surface area contributed by atoms with Crippen LogP contribution in [0.4, 0.5) is 4.39 Å². The molecule has 3 rings (SSSR count). The molecule has 0 saturated carbocycles. The monoisotopic (exact) mass is 263 g/mol. The molecule has 2 unspecified atom stereocenters. The highest BCUT2D eigenvalue weighted by molar-refractivity contribution is 7.17. The molecule has 2 aromatic rings. The zero-order valence-corrected chi connectivity index (χ0v) is 11.2. The summed E-state index contributed by atoms with van der Waals surface area (Å²) in [6, 6.07) is 8.29. The summed E-state index contributed by atoms with van der Waals surface area (Å²) in [6.45, 7) is 1.88. The zero-order valence-electron chi connectivity index (χ0n) is 10.4. The predicted molar refractivity (Wildman–Crippen MR) is 76.0 cm³/mol. The first-order valence-electron chi connectivity index (χ1n) is 6.64. The van der Waals surface area contributed by atoms with Crippen LogP contribution in [0.2, 0.25) is 0 Å². The fourth-order valence-corrected chi connectivity index (χ4v) is 3.73. The van der Waals surface area contributed by atoms with E-state index < -0.39 is 6.17 Å². The number of hydrogen-bond donors (Lipinski definition) is 1. The summed E-state index contributed by atoms with van der Waals surface area (Å²) in [5, 5.41) is 6.64. The molecule has 3 heteroatoms. The second-order valence-corrected chi connectivity index (χ2v) is 5.99. The Bertz CT molecular complexity index is 516. The maximum atomic E-state index is 14.3. The van der Waals surface area contributed by atoms with Gasteiger partial charge in [-0.3, -0.25) is 0 Å². The first kappa shape index (κ1) is 12.1. The van der Waals surface area contributed by atoms with Gasteiger partial charge in [0.15, 0.2) is 0 Å². The van der Waals surface area contributed by atoms with E-state index in [0.717, 1.165) is 25.9 Å². The van der Waals surface area contributed by atoms with Gasteiger partial charge in [-0.25, -0.2) is 4.39 Å². The summed E-state index contributed by atoms with van der Waals surface area (Å²) < 4.78 is 15.6. The van der Waals surface area contributed by atoms with Crippen molar-refractivity contribution in [3.8, 4) is 0 Å². The van der Waals surface area contributed by atoms with E-state index in [1.165, 1.54) is 15.6 Å². The van der Waals surface area contributed by atoms with Crippen LogP contribution in [-0.4, -0.2) is 19.3 Å². The molecule has 0 bridgehead atoms. The summed E-state index contributed by atoms with van der Waals surface area (Å²) in [4.78, 5) is 0. The third-order valence-corrected chi connectivity index (χ3v) is 4.83. The van der Waals surface area contributed by atoms with Crippen molar-refractivity contribution < 1.29 is 4.39 Å². The minimum atomic E-state index is -0.712. The van der Waals surface area contributed by atoms with E-state index in [4.69, 9.17) is 0 Å². The fraction of sp³-hybridized carbons (Fsp3) is 0.467. The number of rotatable bonds is 3. The van der Waals surface area contributed by atoms with Crippen LogP contribution in [0.5, 0.6) is 0 Å². The van der Waals surface area contributed by atoms with Crippen LogP contribution in [0.3, 0.4) is 0 Å². The largest absolute Gasteiger partial charge is 0.316 e. The molecule has 18 heavy (non-hydrogen) atoms. The van der Waals surface area contributed by atoms with Crippen molar-refractivity contribution in [3.05, 3.63) is 35.2 Å². The summed E-state index contributed by atoms with van der Waals surface area (Å²) in [5.41, 5.74) is 1.17. The minimum Gasteiger partial charge on any atom is -0.316 e. The molecule has 1 aromatic heterocycles. The van der Waals surface area contributed by atoms with Crippen LogP contribution in [0.15, 0.2) is 29.6 Å². The van der Waals surface area contributed by atoms with Crippen molar-refractivity contribution in [2.24, 2.45) is 5.92 Å². The molecular weight excluding hydrogens is 245 g/mol. The van der Waals surface area contributed by atoms with Crippen molar-refractivity contribution in [1.29, 1.82) is 0 Å². The van der Waals surface area contributed by atoms with Crippen molar-refractivity contribution in [2.75, 3.05) is 13.1 Å². The Kier molecular flexibility index (Phi) is 3.62. The molecule has 0 aliphatic carbocycles.